The predicted octanol–water partition coefficient (Wildman–Crippen LogP) is 3.22. The van der Waals surface area contributed by atoms with E-state index in [0.717, 1.165) is 11.1 Å². The highest BCUT2D eigenvalue weighted by atomic mass is 35.5. The van der Waals surface area contributed by atoms with Gasteiger partial charge in [0.1, 0.15) is 0 Å². The Balaban J connectivity index is 2.17. The van der Waals surface area contributed by atoms with Crippen LogP contribution in [0.5, 0.6) is 0 Å². The van der Waals surface area contributed by atoms with E-state index in [0.29, 0.717) is 16.7 Å². The zero-order valence-electron chi connectivity index (χ0n) is 8.36. The molecular formula is C11H10Cl2N2O. The molecule has 0 aliphatic rings. The molecule has 0 spiro atoms. The fourth-order valence-corrected chi connectivity index (χ4v) is 1.94. The third-order valence-corrected chi connectivity index (χ3v) is 2.99. The lowest BCUT2D eigenvalue weighted by molar-refractivity contribution is 0.560. The second-order valence-corrected chi connectivity index (χ2v) is 4.18. The number of nitrogens with two attached hydrogens (primary N) is 1. The number of hydrogen-bond donors (Lipinski definition) is 1. The van der Waals surface area contributed by atoms with Gasteiger partial charge in [0.25, 0.3) is 0 Å². The smallest absolute Gasteiger partial charge is 0.197 e. The molecule has 2 aromatic heterocycles. The Morgan fingerprint density at radius 1 is 1.38 bits per heavy atom. The van der Waals surface area contributed by atoms with Gasteiger partial charge in [-0.1, -0.05) is 11.6 Å². The summed E-state index contributed by atoms with van der Waals surface area (Å²) >= 11 is 11.8. The van der Waals surface area contributed by atoms with Crippen molar-refractivity contribution in [1.82, 2.24) is 4.98 Å². The molecule has 2 aromatic rings. The van der Waals surface area contributed by atoms with Gasteiger partial charge in [-0.3, -0.25) is 4.98 Å². The normalized spacial score (nSPS) is 12.7. The second-order valence-electron chi connectivity index (χ2n) is 3.43. The molecule has 5 heteroatoms. The van der Waals surface area contributed by atoms with Gasteiger partial charge >= 0.3 is 0 Å². The van der Waals surface area contributed by atoms with Crippen molar-refractivity contribution in [2.45, 2.75) is 12.5 Å². The number of pyridine rings is 1. The molecule has 0 fully saturated rings. The Kier molecular flexibility index (Phi) is 3.49. The van der Waals surface area contributed by atoms with Gasteiger partial charge in [0.2, 0.25) is 0 Å². The average Bonchev–Trinajstić information content (AvgIpc) is 2.68. The van der Waals surface area contributed by atoms with E-state index in [-0.39, 0.29) is 6.04 Å². The number of nitrogens with zero attached hydrogens (tertiary/aromatic N) is 1. The monoisotopic (exact) mass is 256 g/mol. The summed E-state index contributed by atoms with van der Waals surface area (Å²) in [5.74, 6) is 0. The van der Waals surface area contributed by atoms with Crippen molar-refractivity contribution in [2.24, 2.45) is 5.73 Å². The molecule has 0 saturated heterocycles. The Labute approximate surface area is 103 Å². The minimum atomic E-state index is -0.230. The molecule has 3 nitrogen and oxygen atoms in total. The molecule has 0 radical (unpaired) electrons. The van der Waals surface area contributed by atoms with Crippen molar-refractivity contribution in [1.29, 1.82) is 0 Å². The molecule has 0 amide bonds. The Morgan fingerprint density at radius 2 is 2.19 bits per heavy atom. The quantitative estimate of drug-likeness (QED) is 0.918. The summed E-state index contributed by atoms with van der Waals surface area (Å²) in [5, 5.41) is 0.940. The Morgan fingerprint density at radius 3 is 2.81 bits per heavy atom. The number of furan rings is 1. The molecule has 0 aromatic carbocycles. The first-order valence-electron chi connectivity index (χ1n) is 4.75. The van der Waals surface area contributed by atoms with Crippen molar-refractivity contribution in [3.05, 3.63) is 52.2 Å². The van der Waals surface area contributed by atoms with E-state index in [1.807, 2.05) is 6.07 Å². The molecule has 2 rings (SSSR count). The first kappa shape index (κ1) is 11.5. The Hall–Kier alpha value is -1.03. The predicted molar refractivity (Wildman–Crippen MR) is 63.6 cm³/mol. The third kappa shape index (κ3) is 2.38. The lowest BCUT2D eigenvalue weighted by Gasteiger charge is -2.10. The van der Waals surface area contributed by atoms with Crippen LogP contribution in [0.15, 0.2) is 35.2 Å². The van der Waals surface area contributed by atoms with Crippen LogP contribution >= 0.6 is 23.2 Å². The van der Waals surface area contributed by atoms with E-state index < -0.39 is 0 Å². The zero-order chi connectivity index (χ0) is 11.5. The standard InChI is InChI=1S/C11H10Cl2N2O/c12-9-6-15-3-1-7(9)5-10(14)8-2-4-16-11(8)13/h1-4,6,10H,5,14H2. The van der Waals surface area contributed by atoms with Crippen LogP contribution in [0.2, 0.25) is 10.2 Å². The van der Waals surface area contributed by atoms with E-state index in [4.69, 9.17) is 33.4 Å². The van der Waals surface area contributed by atoms with Crippen LogP contribution in [-0.2, 0) is 6.42 Å². The third-order valence-electron chi connectivity index (χ3n) is 2.34. The summed E-state index contributed by atoms with van der Waals surface area (Å²) in [6.07, 6.45) is 5.40. The number of rotatable bonds is 3. The molecule has 2 N–H and O–H groups in total. The molecule has 84 valence electrons. The molecule has 16 heavy (non-hydrogen) atoms. The van der Waals surface area contributed by atoms with E-state index in [1.54, 1.807) is 18.5 Å². The van der Waals surface area contributed by atoms with Gasteiger partial charge in [0.05, 0.1) is 11.3 Å². The molecular weight excluding hydrogens is 247 g/mol. The Bertz CT molecular complexity index is 484. The van der Waals surface area contributed by atoms with Gasteiger partial charge in [0, 0.05) is 24.0 Å². The molecule has 2 heterocycles. The van der Waals surface area contributed by atoms with Crippen LogP contribution in [0.3, 0.4) is 0 Å². The summed E-state index contributed by atoms with van der Waals surface area (Å²) < 4.78 is 4.99. The molecule has 0 aliphatic heterocycles. The van der Waals surface area contributed by atoms with Crippen molar-refractivity contribution >= 4 is 23.2 Å². The van der Waals surface area contributed by atoms with Gasteiger partial charge in [-0.25, -0.2) is 0 Å². The SMILES string of the molecule is NC(Cc1ccncc1Cl)c1ccoc1Cl. The van der Waals surface area contributed by atoms with Crippen molar-refractivity contribution < 1.29 is 4.42 Å². The van der Waals surface area contributed by atoms with Gasteiger partial charge in [0.15, 0.2) is 5.22 Å². The molecule has 0 saturated carbocycles. The number of aromatic nitrogens is 1. The van der Waals surface area contributed by atoms with Crippen LogP contribution in [0.25, 0.3) is 0 Å². The maximum atomic E-state index is 6.02. The molecule has 1 atom stereocenters. The van der Waals surface area contributed by atoms with E-state index in [2.05, 4.69) is 4.98 Å². The average molecular weight is 257 g/mol. The van der Waals surface area contributed by atoms with Gasteiger partial charge in [-0.2, -0.15) is 0 Å². The number of hydrogen-bond acceptors (Lipinski definition) is 3. The van der Waals surface area contributed by atoms with Gasteiger partial charge < -0.3 is 10.2 Å². The summed E-state index contributed by atoms with van der Waals surface area (Å²) in [6.45, 7) is 0. The lowest BCUT2D eigenvalue weighted by atomic mass is 10.0. The summed E-state index contributed by atoms with van der Waals surface area (Å²) in [7, 11) is 0. The molecule has 1 unspecified atom stereocenters. The van der Waals surface area contributed by atoms with Crippen LogP contribution in [0.1, 0.15) is 17.2 Å². The van der Waals surface area contributed by atoms with E-state index in [1.165, 1.54) is 6.26 Å². The first-order chi connectivity index (χ1) is 7.68. The van der Waals surface area contributed by atoms with Crippen molar-refractivity contribution in [3.8, 4) is 0 Å². The van der Waals surface area contributed by atoms with E-state index in [9.17, 15) is 0 Å². The van der Waals surface area contributed by atoms with Crippen LogP contribution in [0, 0.1) is 0 Å². The van der Waals surface area contributed by atoms with Crippen molar-refractivity contribution in [2.75, 3.05) is 0 Å². The molecule has 0 bridgehead atoms. The maximum Gasteiger partial charge on any atom is 0.197 e. The topological polar surface area (TPSA) is 52.0 Å². The van der Waals surface area contributed by atoms with Gasteiger partial charge in [-0.15, -0.1) is 0 Å². The largest absolute Gasteiger partial charge is 0.453 e. The second kappa shape index (κ2) is 4.87. The number of halogens is 2. The molecule has 0 aliphatic carbocycles. The van der Waals surface area contributed by atoms with Crippen LogP contribution in [0.4, 0.5) is 0 Å². The first-order valence-corrected chi connectivity index (χ1v) is 5.51. The summed E-state index contributed by atoms with van der Waals surface area (Å²) in [5.41, 5.74) is 7.75. The summed E-state index contributed by atoms with van der Waals surface area (Å²) in [6, 6.07) is 3.38. The minimum absolute atomic E-state index is 0.230. The maximum absolute atomic E-state index is 6.02. The van der Waals surface area contributed by atoms with Crippen molar-refractivity contribution in [3.63, 3.8) is 0 Å². The summed E-state index contributed by atoms with van der Waals surface area (Å²) in [4.78, 5) is 3.92. The highest BCUT2D eigenvalue weighted by Gasteiger charge is 2.14. The van der Waals surface area contributed by atoms with E-state index >= 15 is 0 Å². The van der Waals surface area contributed by atoms with Gasteiger partial charge in [-0.05, 0) is 35.7 Å². The van der Waals surface area contributed by atoms with Crippen LogP contribution < -0.4 is 5.73 Å². The fraction of sp³-hybridized carbons (Fsp3) is 0.182. The highest BCUT2D eigenvalue weighted by molar-refractivity contribution is 6.31. The lowest BCUT2D eigenvalue weighted by Crippen LogP contribution is -2.13. The van der Waals surface area contributed by atoms with Crippen LogP contribution in [-0.4, -0.2) is 4.98 Å². The minimum Gasteiger partial charge on any atom is -0.453 e. The fourth-order valence-electron chi connectivity index (χ4n) is 1.49. The highest BCUT2D eigenvalue weighted by Crippen LogP contribution is 2.26. The zero-order valence-corrected chi connectivity index (χ0v) is 9.87.